The van der Waals surface area contributed by atoms with Gasteiger partial charge in [0.25, 0.3) is 15.7 Å². The lowest BCUT2D eigenvalue weighted by Gasteiger charge is -2.11. The Morgan fingerprint density at radius 2 is 1.70 bits per heavy atom. The van der Waals surface area contributed by atoms with Gasteiger partial charge >= 0.3 is 0 Å². The number of anilines is 1. The van der Waals surface area contributed by atoms with Crippen LogP contribution in [-0.4, -0.2) is 21.8 Å². The number of rotatable bonds is 8. The summed E-state index contributed by atoms with van der Waals surface area (Å²) in [7, 11) is -8.19. The van der Waals surface area contributed by atoms with E-state index in [1.165, 1.54) is 24.5 Å². The van der Waals surface area contributed by atoms with Crippen molar-refractivity contribution in [2.24, 2.45) is 0 Å². The van der Waals surface area contributed by atoms with Crippen molar-refractivity contribution in [2.45, 2.75) is 16.3 Å². The molecule has 3 aromatic rings. The quantitative estimate of drug-likeness (QED) is 0.378. The highest BCUT2D eigenvalue weighted by atomic mass is 35.5. The van der Waals surface area contributed by atoms with E-state index in [1.807, 2.05) is 0 Å². The van der Waals surface area contributed by atoms with E-state index in [4.69, 9.17) is 16.0 Å². The fraction of sp³-hybridized carbons (Fsp3) is 0.0588. The van der Waals surface area contributed by atoms with Gasteiger partial charge < -0.3 is 4.42 Å². The number of nitrogens with one attached hydrogen (secondary N) is 2. The Morgan fingerprint density at radius 3 is 2.37 bits per heavy atom. The van der Waals surface area contributed by atoms with Gasteiger partial charge in [-0.3, -0.25) is 14.8 Å². The SMILES string of the molecule is O=[N+]([O-])c1cc(S(=O)(=O)Nc2cccc(S(=O)(=O)NCc3ccco3)c2)ccc1Cl. The van der Waals surface area contributed by atoms with Crippen molar-refractivity contribution in [1.29, 1.82) is 0 Å². The second-order valence-corrected chi connectivity index (χ2v) is 9.76. The zero-order valence-electron chi connectivity index (χ0n) is 15.0. The summed E-state index contributed by atoms with van der Waals surface area (Å²) >= 11 is 5.70. The predicted molar refractivity (Wildman–Crippen MR) is 108 cm³/mol. The van der Waals surface area contributed by atoms with Crippen LogP contribution < -0.4 is 9.44 Å². The average molecular weight is 472 g/mol. The highest BCUT2D eigenvalue weighted by Crippen LogP contribution is 2.28. The van der Waals surface area contributed by atoms with Gasteiger partial charge in [-0.2, -0.15) is 0 Å². The van der Waals surface area contributed by atoms with E-state index in [0.717, 1.165) is 24.3 Å². The maximum absolute atomic E-state index is 12.6. The maximum atomic E-state index is 12.6. The molecule has 0 aliphatic heterocycles. The molecule has 30 heavy (non-hydrogen) atoms. The van der Waals surface area contributed by atoms with Gasteiger partial charge in [0.15, 0.2) is 0 Å². The van der Waals surface area contributed by atoms with Crippen LogP contribution in [0.25, 0.3) is 0 Å². The number of nitro benzene ring substituents is 1. The number of halogens is 1. The molecule has 0 radical (unpaired) electrons. The summed E-state index contributed by atoms with van der Waals surface area (Å²) in [6, 6.07) is 11.3. The normalized spacial score (nSPS) is 11.9. The lowest BCUT2D eigenvalue weighted by atomic mass is 10.3. The highest BCUT2D eigenvalue weighted by Gasteiger charge is 2.22. The van der Waals surface area contributed by atoms with E-state index in [1.54, 1.807) is 12.1 Å². The standard InChI is InChI=1S/C17H14ClN3O7S2/c18-16-7-6-15(10-17(16)21(22)23)30(26,27)20-12-3-1-5-14(9-12)29(24,25)19-11-13-4-2-8-28-13/h1-10,19-20H,11H2. The van der Waals surface area contributed by atoms with E-state index in [-0.39, 0.29) is 22.2 Å². The van der Waals surface area contributed by atoms with Gasteiger partial charge in [-0.25, -0.2) is 21.6 Å². The number of hydrogen-bond donors (Lipinski definition) is 2. The fourth-order valence-corrected chi connectivity index (χ4v) is 4.70. The highest BCUT2D eigenvalue weighted by molar-refractivity contribution is 7.92. The van der Waals surface area contributed by atoms with Crippen molar-refractivity contribution in [3.8, 4) is 0 Å². The van der Waals surface area contributed by atoms with Crippen LogP contribution in [-0.2, 0) is 26.6 Å². The molecule has 0 atom stereocenters. The number of benzene rings is 2. The Hall–Kier alpha value is -2.93. The van der Waals surface area contributed by atoms with Crippen molar-refractivity contribution in [2.75, 3.05) is 4.72 Å². The van der Waals surface area contributed by atoms with E-state index in [2.05, 4.69) is 9.44 Å². The van der Waals surface area contributed by atoms with Crippen molar-refractivity contribution in [3.63, 3.8) is 0 Å². The molecule has 1 heterocycles. The summed E-state index contributed by atoms with van der Waals surface area (Å²) < 4.78 is 59.7. The minimum absolute atomic E-state index is 0.0477. The van der Waals surface area contributed by atoms with Gasteiger partial charge in [0.1, 0.15) is 10.8 Å². The molecule has 0 saturated heterocycles. The Kier molecular flexibility index (Phi) is 6.12. The molecular weight excluding hydrogens is 458 g/mol. The third-order valence-corrected chi connectivity index (χ3v) is 6.94. The molecule has 0 bridgehead atoms. The van der Waals surface area contributed by atoms with Crippen LogP contribution >= 0.6 is 11.6 Å². The van der Waals surface area contributed by atoms with E-state index >= 15 is 0 Å². The predicted octanol–water partition coefficient (Wildman–Crippen LogP) is 3.12. The first kappa shape index (κ1) is 21.8. The van der Waals surface area contributed by atoms with Crippen LogP contribution in [0.5, 0.6) is 0 Å². The van der Waals surface area contributed by atoms with Crippen LogP contribution in [0.4, 0.5) is 11.4 Å². The van der Waals surface area contributed by atoms with E-state index < -0.39 is 35.6 Å². The van der Waals surface area contributed by atoms with Crippen molar-refractivity contribution >= 4 is 43.0 Å². The Bertz CT molecular complexity index is 1290. The third-order valence-electron chi connectivity index (χ3n) is 3.84. The summed E-state index contributed by atoms with van der Waals surface area (Å²) in [6.07, 6.45) is 1.40. The van der Waals surface area contributed by atoms with Crippen molar-refractivity contribution in [1.82, 2.24) is 4.72 Å². The summed E-state index contributed by atoms with van der Waals surface area (Å²) in [4.78, 5) is 9.60. The molecule has 1 aromatic heterocycles. The van der Waals surface area contributed by atoms with Crippen LogP contribution in [0.3, 0.4) is 0 Å². The zero-order chi connectivity index (χ0) is 21.9. The smallest absolute Gasteiger partial charge is 0.289 e. The molecule has 0 amide bonds. The first-order valence-corrected chi connectivity index (χ1v) is 11.5. The van der Waals surface area contributed by atoms with E-state index in [0.29, 0.717) is 5.76 Å². The van der Waals surface area contributed by atoms with Gasteiger partial charge in [-0.15, -0.1) is 0 Å². The van der Waals surface area contributed by atoms with Gasteiger partial charge in [0, 0.05) is 6.07 Å². The monoisotopic (exact) mass is 471 g/mol. The van der Waals surface area contributed by atoms with Crippen LogP contribution in [0, 0.1) is 10.1 Å². The fourth-order valence-electron chi connectivity index (χ4n) is 2.40. The summed E-state index contributed by atoms with van der Waals surface area (Å²) in [5.74, 6) is 0.403. The van der Waals surface area contributed by atoms with Gasteiger partial charge in [0.2, 0.25) is 10.0 Å². The second kappa shape index (κ2) is 8.44. The van der Waals surface area contributed by atoms with E-state index in [9.17, 15) is 26.9 Å². The van der Waals surface area contributed by atoms with Crippen LogP contribution in [0.1, 0.15) is 5.76 Å². The maximum Gasteiger partial charge on any atom is 0.289 e. The molecular formula is C17H14ClN3O7S2. The number of nitro groups is 1. The molecule has 2 aromatic carbocycles. The zero-order valence-corrected chi connectivity index (χ0v) is 17.4. The largest absolute Gasteiger partial charge is 0.468 e. The lowest BCUT2D eigenvalue weighted by molar-refractivity contribution is -0.384. The third kappa shape index (κ3) is 4.97. The molecule has 0 spiro atoms. The minimum atomic E-state index is -4.24. The number of furan rings is 1. The molecule has 13 heteroatoms. The average Bonchev–Trinajstić information content (AvgIpc) is 3.20. The Labute approximate surface area is 176 Å². The van der Waals surface area contributed by atoms with Gasteiger partial charge in [-0.1, -0.05) is 17.7 Å². The summed E-state index contributed by atoms with van der Waals surface area (Å²) in [6.45, 7) is -0.0836. The molecule has 0 unspecified atom stereocenters. The van der Waals surface area contributed by atoms with Crippen LogP contribution in [0.15, 0.2) is 75.1 Å². The van der Waals surface area contributed by atoms with Crippen molar-refractivity contribution < 1.29 is 26.2 Å². The minimum Gasteiger partial charge on any atom is -0.468 e. The Morgan fingerprint density at radius 1 is 0.967 bits per heavy atom. The number of nitrogens with zero attached hydrogens (tertiary/aromatic N) is 1. The van der Waals surface area contributed by atoms with Crippen molar-refractivity contribution in [3.05, 3.63) is 81.8 Å². The summed E-state index contributed by atoms with van der Waals surface area (Å²) in [5, 5.41) is 10.8. The second-order valence-electron chi connectivity index (χ2n) is 5.91. The molecule has 0 aliphatic rings. The molecule has 2 N–H and O–H groups in total. The molecule has 0 fully saturated rings. The van der Waals surface area contributed by atoms with Crippen LogP contribution in [0.2, 0.25) is 5.02 Å². The molecule has 3 rings (SSSR count). The van der Waals surface area contributed by atoms with Gasteiger partial charge in [-0.05, 0) is 42.5 Å². The summed E-state index contributed by atoms with van der Waals surface area (Å²) in [5.41, 5.74) is -0.619. The molecule has 0 aliphatic carbocycles. The Balaban J connectivity index is 1.84. The van der Waals surface area contributed by atoms with Gasteiger partial charge in [0.05, 0.1) is 33.2 Å². The molecule has 10 nitrogen and oxygen atoms in total. The first-order chi connectivity index (χ1) is 14.1. The number of sulfonamides is 2. The molecule has 158 valence electrons. The number of hydrogen-bond acceptors (Lipinski definition) is 7. The first-order valence-electron chi connectivity index (χ1n) is 8.17. The topological polar surface area (TPSA) is 149 Å². The lowest BCUT2D eigenvalue weighted by Crippen LogP contribution is -2.23. The molecule has 0 saturated carbocycles.